The molecular weight excluding hydrogens is 382 g/mol. The molecule has 0 saturated heterocycles. The quantitative estimate of drug-likeness (QED) is 0.653. The van der Waals surface area contributed by atoms with Gasteiger partial charge in [-0.25, -0.2) is 4.68 Å². The van der Waals surface area contributed by atoms with Crippen molar-refractivity contribution in [1.29, 1.82) is 0 Å². The van der Waals surface area contributed by atoms with Gasteiger partial charge in [0.1, 0.15) is 18.4 Å². The van der Waals surface area contributed by atoms with Crippen LogP contribution in [0, 0.1) is 26.7 Å². The van der Waals surface area contributed by atoms with Crippen LogP contribution in [0.5, 0.6) is 0 Å². The van der Waals surface area contributed by atoms with Crippen molar-refractivity contribution >= 4 is 23.0 Å². The van der Waals surface area contributed by atoms with Gasteiger partial charge in [0.2, 0.25) is 5.91 Å². The van der Waals surface area contributed by atoms with Crippen molar-refractivity contribution in [2.45, 2.75) is 41.2 Å². The molecule has 0 aliphatic carbocycles. The van der Waals surface area contributed by atoms with Crippen LogP contribution in [0.2, 0.25) is 0 Å². The van der Waals surface area contributed by atoms with Crippen LogP contribution in [-0.4, -0.2) is 32.5 Å². The topological polar surface area (TPSA) is 97.5 Å². The highest BCUT2D eigenvalue weighted by Crippen LogP contribution is 2.19. The van der Waals surface area contributed by atoms with Gasteiger partial charge in [-0.3, -0.25) is 18.8 Å². The Bertz CT molecular complexity index is 1160. The second-order valence-corrected chi connectivity index (χ2v) is 7.92. The van der Waals surface area contributed by atoms with Crippen molar-refractivity contribution in [3.05, 3.63) is 63.3 Å². The van der Waals surface area contributed by atoms with Crippen LogP contribution in [0.3, 0.4) is 0 Å². The molecule has 0 aliphatic rings. The Morgan fingerprint density at radius 3 is 2.40 bits per heavy atom. The Morgan fingerprint density at radius 1 is 1.10 bits per heavy atom. The van der Waals surface area contributed by atoms with E-state index in [1.165, 1.54) is 6.33 Å². The normalized spacial score (nSPS) is 11.1. The number of carbonyl (C=O) groups excluding carboxylic acids is 2. The van der Waals surface area contributed by atoms with E-state index in [9.17, 15) is 14.4 Å². The number of anilines is 1. The van der Waals surface area contributed by atoms with Gasteiger partial charge in [0.25, 0.3) is 11.5 Å². The van der Waals surface area contributed by atoms with Crippen molar-refractivity contribution < 1.29 is 9.59 Å². The minimum Gasteiger partial charge on any atom is -0.352 e. The minimum absolute atomic E-state index is 0.217. The van der Waals surface area contributed by atoms with E-state index in [1.54, 1.807) is 30.4 Å². The largest absolute Gasteiger partial charge is 0.352 e. The maximum Gasteiger partial charge on any atom is 0.291 e. The molecule has 0 radical (unpaired) electrons. The Kier molecular flexibility index (Phi) is 6.05. The molecule has 2 N–H and O–H groups in total. The summed E-state index contributed by atoms with van der Waals surface area (Å²) in [5.41, 5.74) is 3.36. The number of aryl methyl sites for hydroxylation is 3. The van der Waals surface area contributed by atoms with Gasteiger partial charge in [-0.15, -0.1) is 0 Å². The molecule has 3 rings (SSSR count). The first kappa shape index (κ1) is 21.3. The van der Waals surface area contributed by atoms with E-state index in [0.29, 0.717) is 40.5 Å². The van der Waals surface area contributed by atoms with E-state index in [-0.39, 0.29) is 18.4 Å². The number of hydrogen-bond acceptors (Lipinski definition) is 4. The molecule has 2 aromatic heterocycles. The molecular formula is C22H27N5O3. The smallest absolute Gasteiger partial charge is 0.291 e. The van der Waals surface area contributed by atoms with Crippen LogP contribution >= 0.6 is 0 Å². The van der Waals surface area contributed by atoms with Gasteiger partial charge in [-0.2, -0.15) is 5.10 Å². The van der Waals surface area contributed by atoms with Crippen molar-refractivity contribution in [3.8, 4) is 0 Å². The second kappa shape index (κ2) is 8.52. The fourth-order valence-electron chi connectivity index (χ4n) is 3.36. The van der Waals surface area contributed by atoms with Crippen LogP contribution in [-0.2, 0) is 11.3 Å². The van der Waals surface area contributed by atoms with Crippen LogP contribution in [0.1, 0.15) is 41.0 Å². The number of aromatic nitrogens is 3. The number of amides is 2. The first-order chi connectivity index (χ1) is 14.2. The average molecular weight is 409 g/mol. The van der Waals surface area contributed by atoms with Crippen molar-refractivity contribution in [1.82, 2.24) is 19.5 Å². The lowest BCUT2D eigenvalue weighted by Crippen LogP contribution is -2.30. The van der Waals surface area contributed by atoms with Gasteiger partial charge in [-0.1, -0.05) is 31.5 Å². The number of nitrogens with one attached hydrogen (secondary N) is 2. The number of rotatable bonds is 6. The predicted octanol–water partition coefficient (Wildman–Crippen LogP) is 2.45. The van der Waals surface area contributed by atoms with E-state index in [2.05, 4.69) is 15.7 Å². The van der Waals surface area contributed by atoms with Crippen molar-refractivity contribution in [3.63, 3.8) is 0 Å². The van der Waals surface area contributed by atoms with Crippen molar-refractivity contribution in [2.24, 2.45) is 5.92 Å². The van der Waals surface area contributed by atoms with E-state index in [0.717, 1.165) is 10.2 Å². The lowest BCUT2D eigenvalue weighted by Gasteiger charge is -2.08. The standard InChI is InChI=1S/C22H27N5O3/c1-13(2)10-23-21(29)19-15(4)20-22(30)27(24-12-26(20)16(19)5)11-18(28)25-17-8-6-14(3)7-9-17/h6-9,12-13H,10-11H2,1-5H3,(H,23,29)(H,25,28). The molecule has 0 unspecified atom stereocenters. The highest BCUT2D eigenvalue weighted by molar-refractivity contribution is 5.99. The first-order valence-electron chi connectivity index (χ1n) is 9.91. The molecule has 0 saturated carbocycles. The van der Waals surface area contributed by atoms with Gasteiger partial charge >= 0.3 is 0 Å². The zero-order valence-electron chi connectivity index (χ0n) is 17.9. The summed E-state index contributed by atoms with van der Waals surface area (Å²) in [7, 11) is 0. The SMILES string of the molecule is Cc1ccc(NC(=O)Cn2ncn3c(C)c(C(=O)NCC(C)C)c(C)c3c2=O)cc1. The van der Waals surface area contributed by atoms with Crippen molar-refractivity contribution in [2.75, 3.05) is 11.9 Å². The third-order valence-corrected chi connectivity index (χ3v) is 4.96. The van der Waals surface area contributed by atoms with Gasteiger partial charge < -0.3 is 10.6 Å². The van der Waals surface area contributed by atoms with Crippen LogP contribution in [0.4, 0.5) is 5.69 Å². The molecule has 0 fully saturated rings. The maximum atomic E-state index is 13.0. The number of nitrogens with zero attached hydrogens (tertiary/aromatic N) is 3. The molecule has 8 heteroatoms. The van der Waals surface area contributed by atoms with Gasteiger partial charge in [0, 0.05) is 17.9 Å². The number of benzene rings is 1. The monoisotopic (exact) mass is 409 g/mol. The third-order valence-electron chi connectivity index (χ3n) is 4.96. The molecule has 30 heavy (non-hydrogen) atoms. The Balaban J connectivity index is 1.89. The fraction of sp³-hybridized carbons (Fsp3) is 0.364. The molecule has 0 atom stereocenters. The van der Waals surface area contributed by atoms with Gasteiger partial charge in [0.05, 0.1) is 5.56 Å². The minimum atomic E-state index is -0.417. The molecule has 3 aromatic rings. The second-order valence-electron chi connectivity index (χ2n) is 7.92. The highest BCUT2D eigenvalue weighted by atomic mass is 16.2. The Morgan fingerprint density at radius 2 is 1.77 bits per heavy atom. The van der Waals surface area contributed by atoms with E-state index >= 15 is 0 Å². The summed E-state index contributed by atoms with van der Waals surface area (Å²) < 4.78 is 2.72. The van der Waals surface area contributed by atoms with E-state index in [4.69, 9.17) is 0 Å². The molecule has 0 bridgehead atoms. The predicted molar refractivity (Wildman–Crippen MR) is 116 cm³/mol. The average Bonchev–Trinajstić information content (AvgIpc) is 2.94. The summed E-state index contributed by atoms with van der Waals surface area (Å²) in [6, 6.07) is 7.39. The summed E-state index contributed by atoms with van der Waals surface area (Å²) in [4.78, 5) is 38.0. The number of fused-ring (bicyclic) bond motifs is 1. The molecule has 0 spiro atoms. The molecule has 2 heterocycles. The highest BCUT2D eigenvalue weighted by Gasteiger charge is 2.22. The molecule has 0 aliphatic heterocycles. The summed E-state index contributed by atoms with van der Waals surface area (Å²) in [6.07, 6.45) is 1.47. The Hall–Kier alpha value is -3.42. The van der Waals surface area contributed by atoms with Crippen LogP contribution in [0.25, 0.3) is 5.52 Å². The summed E-state index contributed by atoms with van der Waals surface area (Å²) in [5.74, 6) is -0.253. The first-order valence-corrected chi connectivity index (χ1v) is 9.91. The summed E-state index contributed by atoms with van der Waals surface area (Å²) in [6.45, 7) is 9.84. The zero-order valence-corrected chi connectivity index (χ0v) is 17.9. The van der Waals surface area contributed by atoms with Gasteiger partial charge in [-0.05, 0) is 44.4 Å². The summed E-state index contributed by atoms with van der Waals surface area (Å²) in [5, 5.41) is 9.78. The maximum absolute atomic E-state index is 13.0. The third kappa shape index (κ3) is 4.27. The van der Waals surface area contributed by atoms with E-state index < -0.39 is 5.56 Å². The fourth-order valence-corrected chi connectivity index (χ4v) is 3.36. The Labute approximate surface area is 174 Å². The van der Waals surface area contributed by atoms with Crippen LogP contribution < -0.4 is 16.2 Å². The summed E-state index contributed by atoms with van der Waals surface area (Å²) >= 11 is 0. The van der Waals surface area contributed by atoms with E-state index in [1.807, 2.05) is 32.9 Å². The number of carbonyl (C=O) groups is 2. The number of hydrogen-bond donors (Lipinski definition) is 2. The lowest BCUT2D eigenvalue weighted by atomic mass is 10.1. The molecule has 158 valence electrons. The molecule has 1 aromatic carbocycles. The van der Waals surface area contributed by atoms with Crippen LogP contribution in [0.15, 0.2) is 35.4 Å². The molecule has 2 amide bonds. The molecule has 8 nitrogen and oxygen atoms in total. The van der Waals surface area contributed by atoms with Gasteiger partial charge in [0.15, 0.2) is 0 Å². The zero-order chi connectivity index (χ0) is 22.0. The lowest BCUT2D eigenvalue weighted by molar-refractivity contribution is -0.117.